The van der Waals surface area contributed by atoms with E-state index in [0.29, 0.717) is 5.56 Å². The number of aromatic nitrogens is 3. The molecule has 7 rings (SSSR count). The Kier molecular flexibility index (Phi) is 9.32. The first kappa shape index (κ1) is 32.4. The third kappa shape index (κ3) is 7.02. The molecule has 48 heavy (non-hydrogen) atoms. The largest absolute Gasteiger partial charge is 0.305 e. The van der Waals surface area contributed by atoms with Crippen molar-refractivity contribution in [1.82, 2.24) is 14.8 Å². The monoisotopic (exact) mass is 810 g/mol. The van der Waals surface area contributed by atoms with Crippen LogP contribution in [0.15, 0.2) is 115 Å². The van der Waals surface area contributed by atoms with Crippen molar-refractivity contribution in [1.29, 1.82) is 0 Å². The zero-order valence-corrected chi connectivity index (χ0v) is 31.5. The summed E-state index contributed by atoms with van der Waals surface area (Å²) < 4.78 is 19.2. The molecule has 0 N–H and O–H groups in total. The van der Waals surface area contributed by atoms with Gasteiger partial charge in [0.05, 0.1) is 5.69 Å². The molecule has 1 aliphatic heterocycles. The van der Waals surface area contributed by atoms with Gasteiger partial charge in [-0.25, -0.2) is 0 Å². The van der Waals surface area contributed by atoms with E-state index in [9.17, 15) is 0 Å². The molecule has 0 bridgehead atoms. The first-order chi connectivity index (χ1) is 23.1. The predicted octanol–water partition coefficient (Wildman–Crippen LogP) is 11.0. The fraction of sp³-hybridized carbons (Fsp3) is 0.273. The molecule has 6 aromatic rings. The van der Waals surface area contributed by atoms with Crippen molar-refractivity contribution < 1.29 is 22.8 Å². The molecule has 0 saturated heterocycles. The number of nitrogens with zero attached hydrogens (tertiary/aromatic N) is 3. The van der Waals surface area contributed by atoms with Gasteiger partial charge in [0.1, 0.15) is 0 Å². The summed E-state index contributed by atoms with van der Waals surface area (Å²) in [6.45, 7) is 17.2. The molecule has 1 radical (unpaired) electrons. The molecule has 0 spiro atoms. The molecule has 3 nitrogen and oxygen atoms in total. The van der Waals surface area contributed by atoms with Crippen LogP contribution in [0.4, 0.5) is 0 Å². The normalized spacial score (nSPS) is 15.0. The van der Waals surface area contributed by atoms with Crippen molar-refractivity contribution in [2.24, 2.45) is 5.41 Å². The third-order valence-electron chi connectivity index (χ3n) is 9.52. The smallest absolute Gasteiger partial charge is 0.0929 e. The topological polar surface area (TPSA) is 30.7 Å². The Morgan fingerprint density at radius 1 is 0.750 bits per heavy atom. The fourth-order valence-corrected chi connectivity index (χ4v) is 6.29. The summed E-state index contributed by atoms with van der Waals surface area (Å²) in [6.07, 6.45) is 0.388. The number of para-hydroxylation sites is 1. The van der Waals surface area contributed by atoms with Crippen LogP contribution in [0, 0.1) is 24.5 Å². The summed E-state index contributed by atoms with van der Waals surface area (Å²) in [4.78, 5) is 4.22. The van der Waals surface area contributed by atoms with Gasteiger partial charge in [0.2, 0.25) is 0 Å². The van der Waals surface area contributed by atoms with Crippen molar-refractivity contribution >= 4 is 0 Å². The summed E-state index contributed by atoms with van der Waals surface area (Å²) in [5, 5.41) is 5.07. The molecule has 1 aliphatic rings. The molecule has 0 amide bonds. The van der Waals surface area contributed by atoms with Crippen LogP contribution in [-0.2, 0) is 37.3 Å². The second kappa shape index (κ2) is 13.8. The molecule has 247 valence electrons. The second-order valence-corrected chi connectivity index (χ2v) is 14.5. The van der Waals surface area contributed by atoms with E-state index in [-0.39, 0.29) is 30.9 Å². The van der Waals surface area contributed by atoms with Gasteiger partial charge in [-0.2, -0.15) is 29.4 Å². The molecule has 2 aromatic heterocycles. The van der Waals surface area contributed by atoms with E-state index in [2.05, 4.69) is 92.8 Å². The zero-order chi connectivity index (χ0) is 35.2. The van der Waals surface area contributed by atoms with Crippen molar-refractivity contribution in [2.75, 3.05) is 0 Å². The summed E-state index contributed by atoms with van der Waals surface area (Å²) in [5.74, 6) is 0. The van der Waals surface area contributed by atoms with Gasteiger partial charge in [-0.15, -0.1) is 41.5 Å². The average Bonchev–Trinajstić information content (AvgIpc) is 3.55. The maximum Gasteiger partial charge on any atom is 0.0929 e. The molecule has 4 heteroatoms. The number of hydrogen-bond acceptors (Lipinski definition) is 2. The van der Waals surface area contributed by atoms with Gasteiger partial charge in [0, 0.05) is 45.7 Å². The maximum atomic E-state index is 8.57. The van der Waals surface area contributed by atoms with Crippen LogP contribution >= 0.6 is 0 Å². The van der Waals surface area contributed by atoms with E-state index < -0.39 is 11.8 Å². The number of benzene rings is 4. The Labute approximate surface area is 303 Å². The van der Waals surface area contributed by atoms with Gasteiger partial charge in [0.15, 0.2) is 0 Å². The maximum absolute atomic E-state index is 8.57. The van der Waals surface area contributed by atoms with Gasteiger partial charge >= 0.3 is 0 Å². The predicted molar refractivity (Wildman–Crippen MR) is 196 cm³/mol. The summed E-state index contributed by atoms with van der Waals surface area (Å²) >= 11 is 0. The number of aryl methyl sites for hydroxylation is 1. The number of hydrogen-bond donors (Lipinski definition) is 0. The van der Waals surface area contributed by atoms with Crippen molar-refractivity contribution in [3.8, 4) is 39.3 Å². The van der Waals surface area contributed by atoms with Gasteiger partial charge in [0.25, 0.3) is 0 Å². The van der Waals surface area contributed by atoms with E-state index in [0.717, 1.165) is 39.3 Å². The van der Waals surface area contributed by atoms with Crippen LogP contribution in [0.25, 0.3) is 39.3 Å². The molecule has 3 heterocycles. The van der Waals surface area contributed by atoms with Crippen molar-refractivity contribution in [3.63, 3.8) is 0 Å². The minimum Gasteiger partial charge on any atom is -0.305 e. The first-order valence-electron chi connectivity index (χ1n) is 17.3. The van der Waals surface area contributed by atoms with Crippen LogP contribution in [0.3, 0.4) is 0 Å². The summed E-state index contributed by atoms with van der Waals surface area (Å²) in [6, 6.07) is 43.2. The number of fused-ring (bicyclic) bond motifs is 3. The Morgan fingerprint density at radius 2 is 1.46 bits per heavy atom. The molecule has 0 fully saturated rings. The third-order valence-corrected chi connectivity index (χ3v) is 9.52. The van der Waals surface area contributed by atoms with Crippen LogP contribution in [0.1, 0.15) is 73.6 Å². The van der Waals surface area contributed by atoms with Crippen LogP contribution < -0.4 is 0 Å². The average molecular weight is 810 g/mol. The fourth-order valence-electron chi connectivity index (χ4n) is 6.29. The molecule has 0 saturated carbocycles. The van der Waals surface area contributed by atoms with E-state index in [1.807, 2.05) is 93.6 Å². The van der Waals surface area contributed by atoms with Gasteiger partial charge in [-0.05, 0) is 76.0 Å². The van der Waals surface area contributed by atoms with Crippen molar-refractivity contribution in [2.45, 2.75) is 72.6 Å². The molecule has 0 unspecified atom stereocenters. The van der Waals surface area contributed by atoms with Crippen LogP contribution in [0.2, 0.25) is 0 Å². The van der Waals surface area contributed by atoms with Gasteiger partial charge < -0.3 is 4.98 Å². The summed E-state index contributed by atoms with van der Waals surface area (Å²) in [5.41, 5.74) is 11.1. The Bertz CT molecular complexity index is 2040. The van der Waals surface area contributed by atoms with Crippen LogP contribution in [0.5, 0.6) is 0 Å². The van der Waals surface area contributed by atoms with E-state index in [4.69, 9.17) is 7.84 Å². The number of pyridine rings is 1. The number of rotatable bonds is 4. The molecule has 0 aliphatic carbocycles. The summed E-state index contributed by atoms with van der Waals surface area (Å²) in [7, 11) is 0. The molecular formula is C44H45IrN3-2. The molecule has 0 atom stereocenters. The van der Waals surface area contributed by atoms with Gasteiger partial charge in [-0.1, -0.05) is 97.0 Å². The Hall–Kier alpha value is -4.11. The van der Waals surface area contributed by atoms with E-state index >= 15 is 0 Å². The van der Waals surface area contributed by atoms with Crippen LogP contribution in [-0.4, -0.2) is 14.8 Å². The SMILES string of the molecule is [2H]C([2H])(c1ccc(-c2ccc(-c3cc4n(n3)-c3[c-]cccc3C(C)(C)C4(C)C)cc2C)cc1)C(C)(C)C.[Ir].[c-]1ccccc1-c1ccccn1. The quantitative estimate of drug-likeness (QED) is 0.166. The minimum absolute atomic E-state index is 0. The standard InChI is InChI=1S/C33H37N2.C11H8N.Ir/c1-22-19-25(17-18-26(22)24-15-13-23(14-16-24)21-31(2,3)4)28-20-30-33(7,8)32(5,6)27-11-9-10-12-29(27)35(30)34-28;1-2-6-10(7-3-1)11-8-4-5-9-12-11;/h9-11,13-20H,21H2,1-8H3;1-6,8-9H;/q2*-1;/i21D2;;. The molecular weight excluding hydrogens is 763 g/mol. The van der Waals surface area contributed by atoms with Crippen molar-refractivity contribution in [3.05, 3.63) is 150 Å². The van der Waals surface area contributed by atoms with E-state index in [1.54, 1.807) is 6.20 Å². The second-order valence-electron chi connectivity index (χ2n) is 14.5. The minimum atomic E-state index is -1.40. The van der Waals surface area contributed by atoms with E-state index in [1.165, 1.54) is 16.8 Å². The Morgan fingerprint density at radius 3 is 2.10 bits per heavy atom. The Balaban J connectivity index is 0.000000315. The zero-order valence-electron chi connectivity index (χ0n) is 31.1. The molecule has 4 aromatic carbocycles. The first-order valence-corrected chi connectivity index (χ1v) is 16.3. The van der Waals surface area contributed by atoms with Gasteiger partial charge in [-0.3, -0.25) is 4.68 Å².